The van der Waals surface area contributed by atoms with Crippen molar-refractivity contribution >= 4 is 45.2 Å². The highest BCUT2D eigenvalue weighted by Crippen LogP contribution is 2.21. The molecular weight excluding hydrogens is 375 g/mol. The SMILES string of the molecule is COc1ccc(C=CS(=O)(=O)NC(=O)c2ccc(Cl)cc2Cl)cn1. The van der Waals surface area contributed by atoms with Gasteiger partial charge in [-0.3, -0.25) is 4.79 Å². The van der Waals surface area contributed by atoms with Gasteiger partial charge in [0.15, 0.2) is 0 Å². The third-order valence-corrected chi connectivity index (χ3v) is 4.33. The Hall–Kier alpha value is -2.09. The minimum atomic E-state index is -4.00. The van der Waals surface area contributed by atoms with E-state index < -0.39 is 15.9 Å². The lowest BCUT2D eigenvalue weighted by molar-refractivity contribution is 0.0982. The van der Waals surface area contributed by atoms with Crippen LogP contribution in [0.25, 0.3) is 6.08 Å². The zero-order valence-electron chi connectivity index (χ0n) is 12.4. The van der Waals surface area contributed by atoms with E-state index in [0.29, 0.717) is 16.5 Å². The molecule has 1 aromatic carbocycles. The van der Waals surface area contributed by atoms with Gasteiger partial charge in [-0.25, -0.2) is 18.1 Å². The Kier molecular flexibility index (Phi) is 5.82. The van der Waals surface area contributed by atoms with E-state index >= 15 is 0 Å². The highest BCUT2D eigenvalue weighted by atomic mass is 35.5. The molecule has 0 atom stereocenters. The Bertz CT molecular complexity index is 881. The fraction of sp³-hybridized carbons (Fsp3) is 0.0667. The van der Waals surface area contributed by atoms with Crippen molar-refractivity contribution in [3.05, 3.63) is 63.1 Å². The number of hydrogen-bond acceptors (Lipinski definition) is 5. The van der Waals surface area contributed by atoms with Crippen LogP contribution < -0.4 is 9.46 Å². The molecule has 0 saturated heterocycles. The second kappa shape index (κ2) is 7.65. The van der Waals surface area contributed by atoms with Gasteiger partial charge in [-0.05, 0) is 35.9 Å². The number of carbonyl (C=O) groups is 1. The minimum absolute atomic E-state index is 0.00385. The van der Waals surface area contributed by atoms with Crippen LogP contribution in [-0.2, 0) is 10.0 Å². The Labute approximate surface area is 149 Å². The summed E-state index contributed by atoms with van der Waals surface area (Å²) < 4.78 is 30.7. The van der Waals surface area contributed by atoms with Gasteiger partial charge < -0.3 is 4.74 Å². The van der Waals surface area contributed by atoms with Crippen molar-refractivity contribution < 1.29 is 17.9 Å². The van der Waals surface area contributed by atoms with E-state index in [1.165, 1.54) is 37.6 Å². The summed E-state index contributed by atoms with van der Waals surface area (Å²) in [7, 11) is -2.53. The molecule has 126 valence electrons. The third kappa shape index (κ3) is 4.95. The smallest absolute Gasteiger partial charge is 0.266 e. The predicted molar refractivity (Wildman–Crippen MR) is 92.7 cm³/mol. The number of amides is 1. The number of nitrogens with one attached hydrogen (secondary N) is 1. The van der Waals surface area contributed by atoms with Crippen LogP contribution in [0.5, 0.6) is 5.88 Å². The number of hydrogen-bond donors (Lipinski definition) is 1. The number of sulfonamides is 1. The number of pyridine rings is 1. The van der Waals surface area contributed by atoms with Crippen LogP contribution in [-0.4, -0.2) is 26.4 Å². The second-order valence-electron chi connectivity index (χ2n) is 4.54. The molecule has 0 aliphatic heterocycles. The molecule has 2 rings (SSSR count). The summed E-state index contributed by atoms with van der Waals surface area (Å²) in [6.45, 7) is 0. The molecule has 1 amide bonds. The normalized spacial score (nSPS) is 11.5. The van der Waals surface area contributed by atoms with Crippen LogP contribution in [0.2, 0.25) is 10.0 Å². The molecular formula is C15H12Cl2N2O4S. The molecule has 0 unspecified atom stereocenters. The molecule has 1 N–H and O–H groups in total. The maximum Gasteiger partial charge on any atom is 0.266 e. The Morgan fingerprint density at radius 3 is 2.58 bits per heavy atom. The van der Waals surface area contributed by atoms with Crippen molar-refractivity contribution in [1.82, 2.24) is 9.71 Å². The first-order valence-electron chi connectivity index (χ1n) is 6.51. The lowest BCUT2D eigenvalue weighted by atomic mass is 10.2. The molecule has 2 aromatic rings. The fourth-order valence-corrected chi connectivity index (χ4v) is 2.94. The van der Waals surface area contributed by atoms with E-state index in [1.54, 1.807) is 12.1 Å². The molecule has 0 bridgehead atoms. The van der Waals surface area contributed by atoms with E-state index in [0.717, 1.165) is 5.41 Å². The first-order valence-corrected chi connectivity index (χ1v) is 8.81. The maximum absolute atomic E-state index is 12.0. The number of nitrogens with zero attached hydrogens (tertiary/aromatic N) is 1. The molecule has 1 aromatic heterocycles. The van der Waals surface area contributed by atoms with Gasteiger partial charge >= 0.3 is 0 Å². The Morgan fingerprint density at radius 1 is 1.25 bits per heavy atom. The average Bonchev–Trinajstić information content (AvgIpc) is 2.53. The first-order chi connectivity index (χ1) is 11.3. The minimum Gasteiger partial charge on any atom is -0.481 e. The number of ether oxygens (including phenoxy) is 1. The molecule has 0 aliphatic carbocycles. The molecule has 9 heteroatoms. The van der Waals surface area contributed by atoms with E-state index in [1.807, 2.05) is 4.72 Å². The number of benzene rings is 1. The molecule has 0 spiro atoms. The Morgan fingerprint density at radius 2 is 2.00 bits per heavy atom. The summed E-state index contributed by atoms with van der Waals surface area (Å²) in [5.41, 5.74) is 0.530. The van der Waals surface area contributed by atoms with Gasteiger partial charge in [0.1, 0.15) is 0 Å². The lowest BCUT2D eigenvalue weighted by Gasteiger charge is -2.05. The monoisotopic (exact) mass is 386 g/mol. The number of aromatic nitrogens is 1. The third-order valence-electron chi connectivity index (χ3n) is 2.82. The molecule has 1 heterocycles. The summed E-state index contributed by atoms with van der Waals surface area (Å²) in [5, 5.41) is 1.25. The average molecular weight is 387 g/mol. The zero-order chi connectivity index (χ0) is 17.7. The van der Waals surface area contributed by atoms with E-state index in [-0.39, 0.29) is 10.6 Å². The number of halogens is 2. The van der Waals surface area contributed by atoms with Crippen LogP contribution in [0.3, 0.4) is 0 Å². The van der Waals surface area contributed by atoms with Crippen LogP contribution in [0, 0.1) is 0 Å². The molecule has 6 nitrogen and oxygen atoms in total. The van der Waals surface area contributed by atoms with Gasteiger partial charge in [-0.15, -0.1) is 0 Å². The largest absolute Gasteiger partial charge is 0.481 e. The van der Waals surface area contributed by atoms with Crippen LogP contribution in [0.15, 0.2) is 41.9 Å². The highest BCUT2D eigenvalue weighted by molar-refractivity contribution is 7.93. The molecule has 0 fully saturated rings. The standard InChI is InChI=1S/C15H12Cl2N2O4S/c1-23-14-5-2-10(9-18-14)6-7-24(21,22)19-15(20)12-4-3-11(16)8-13(12)17/h2-9H,1H3,(H,19,20). The van der Waals surface area contributed by atoms with Crippen molar-refractivity contribution in [3.63, 3.8) is 0 Å². The first kappa shape index (κ1) is 18.3. The second-order valence-corrected chi connectivity index (χ2v) is 6.95. The summed E-state index contributed by atoms with van der Waals surface area (Å²) >= 11 is 11.6. The summed E-state index contributed by atoms with van der Waals surface area (Å²) in [6, 6.07) is 7.33. The number of carbonyl (C=O) groups excluding carboxylic acids is 1. The van der Waals surface area contributed by atoms with Crippen LogP contribution in [0.1, 0.15) is 15.9 Å². The number of methoxy groups -OCH3 is 1. The maximum atomic E-state index is 12.0. The van der Waals surface area contributed by atoms with Gasteiger partial charge in [0, 0.05) is 17.3 Å². The van der Waals surface area contributed by atoms with Gasteiger partial charge in [-0.1, -0.05) is 23.2 Å². The lowest BCUT2D eigenvalue weighted by Crippen LogP contribution is -2.29. The van der Waals surface area contributed by atoms with Gasteiger partial charge in [0.2, 0.25) is 5.88 Å². The van der Waals surface area contributed by atoms with E-state index in [9.17, 15) is 13.2 Å². The van der Waals surface area contributed by atoms with Gasteiger partial charge in [-0.2, -0.15) is 0 Å². The predicted octanol–water partition coefficient (Wildman–Crippen LogP) is 3.13. The Balaban J connectivity index is 2.12. The van der Waals surface area contributed by atoms with E-state index in [4.69, 9.17) is 27.9 Å². The van der Waals surface area contributed by atoms with Crippen molar-refractivity contribution in [2.24, 2.45) is 0 Å². The molecule has 0 saturated carbocycles. The summed E-state index contributed by atoms with van der Waals surface area (Å²) in [6.07, 6.45) is 2.73. The van der Waals surface area contributed by atoms with Crippen LogP contribution in [0.4, 0.5) is 0 Å². The van der Waals surface area contributed by atoms with E-state index in [2.05, 4.69) is 4.98 Å². The zero-order valence-corrected chi connectivity index (χ0v) is 14.7. The quantitative estimate of drug-likeness (QED) is 0.852. The summed E-state index contributed by atoms with van der Waals surface area (Å²) in [4.78, 5) is 15.9. The van der Waals surface area contributed by atoms with Crippen molar-refractivity contribution in [2.45, 2.75) is 0 Å². The molecule has 0 radical (unpaired) electrons. The van der Waals surface area contributed by atoms with Gasteiger partial charge in [0.25, 0.3) is 15.9 Å². The van der Waals surface area contributed by atoms with Crippen molar-refractivity contribution in [3.8, 4) is 5.88 Å². The fourth-order valence-electron chi connectivity index (χ4n) is 1.67. The van der Waals surface area contributed by atoms with Crippen LogP contribution >= 0.6 is 23.2 Å². The molecule has 0 aliphatic rings. The number of rotatable bonds is 5. The van der Waals surface area contributed by atoms with Crippen molar-refractivity contribution in [2.75, 3.05) is 7.11 Å². The highest BCUT2D eigenvalue weighted by Gasteiger charge is 2.16. The topological polar surface area (TPSA) is 85.4 Å². The van der Waals surface area contributed by atoms with Gasteiger partial charge in [0.05, 0.1) is 23.1 Å². The molecule has 24 heavy (non-hydrogen) atoms. The van der Waals surface area contributed by atoms with Crippen molar-refractivity contribution in [1.29, 1.82) is 0 Å². The summed E-state index contributed by atoms with van der Waals surface area (Å²) in [5.74, 6) is -0.449.